The first-order valence-corrected chi connectivity index (χ1v) is 11.0. The number of piperidine rings is 1. The summed E-state index contributed by atoms with van der Waals surface area (Å²) in [5, 5.41) is 9.04. The van der Waals surface area contributed by atoms with Gasteiger partial charge in [-0.25, -0.2) is 4.98 Å². The zero-order valence-electron chi connectivity index (χ0n) is 18.6. The van der Waals surface area contributed by atoms with Gasteiger partial charge < -0.3 is 20.1 Å². The molecule has 2 saturated heterocycles. The summed E-state index contributed by atoms with van der Waals surface area (Å²) in [7, 11) is 1.79. The van der Waals surface area contributed by atoms with Gasteiger partial charge in [0.15, 0.2) is 0 Å². The predicted molar refractivity (Wildman–Crippen MR) is 116 cm³/mol. The van der Waals surface area contributed by atoms with Gasteiger partial charge in [0.2, 0.25) is 5.91 Å². The molecule has 2 N–H and O–H groups in total. The molecule has 0 aliphatic carbocycles. The molecule has 8 nitrogen and oxygen atoms in total. The lowest BCUT2D eigenvalue weighted by Crippen LogP contribution is -2.42. The van der Waals surface area contributed by atoms with Crippen LogP contribution in [0.3, 0.4) is 0 Å². The number of alkyl halides is 3. The Hall–Kier alpha value is -3.55. The molecule has 0 saturated carbocycles. The Morgan fingerprint density at radius 2 is 1.91 bits per heavy atom. The second-order valence-electron chi connectivity index (χ2n) is 8.97. The number of aromatic nitrogens is 2. The van der Waals surface area contributed by atoms with Crippen LogP contribution in [0.5, 0.6) is 0 Å². The molecule has 34 heavy (non-hydrogen) atoms. The van der Waals surface area contributed by atoms with E-state index in [0.29, 0.717) is 43.9 Å². The second-order valence-corrected chi connectivity index (χ2v) is 8.97. The van der Waals surface area contributed by atoms with Gasteiger partial charge in [-0.2, -0.15) is 18.4 Å². The lowest BCUT2D eigenvalue weighted by molar-refractivity contribution is -0.137. The van der Waals surface area contributed by atoms with Gasteiger partial charge >= 0.3 is 6.18 Å². The highest BCUT2D eigenvalue weighted by atomic mass is 19.4. The van der Waals surface area contributed by atoms with Crippen LogP contribution in [0.25, 0.3) is 0 Å². The molecule has 2 aliphatic heterocycles. The van der Waals surface area contributed by atoms with Gasteiger partial charge in [0, 0.05) is 45.1 Å². The van der Waals surface area contributed by atoms with Crippen molar-refractivity contribution in [1.29, 1.82) is 5.26 Å². The standard InChI is InChI=1S/C23H25F3N6O2/c1-30-12-20(29-13-30)22(34)31-6-4-14(5-7-31)17-10-32(11-18(17)21(28)33)16-3-2-15(9-27)19(8-16)23(24,25)26/h2-3,8,12-14,17-18H,4-7,10-11H2,1H3,(H2,28,33)/t17-,18+/m0/s1. The van der Waals surface area contributed by atoms with Crippen molar-refractivity contribution in [2.45, 2.75) is 19.0 Å². The van der Waals surface area contributed by atoms with E-state index in [9.17, 15) is 22.8 Å². The monoisotopic (exact) mass is 474 g/mol. The fraction of sp³-hybridized carbons (Fsp3) is 0.478. The number of nitriles is 1. The van der Waals surface area contributed by atoms with E-state index in [4.69, 9.17) is 11.0 Å². The van der Waals surface area contributed by atoms with Crippen molar-refractivity contribution < 1.29 is 22.8 Å². The average Bonchev–Trinajstić information content (AvgIpc) is 3.45. The fourth-order valence-electron chi connectivity index (χ4n) is 5.10. The molecule has 2 fully saturated rings. The van der Waals surface area contributed by atoms with Crippen LogP contribution in [0, 0.1) is 29.1 Å². The first-order valence-electron chi connectivity index (χ1n) is 11.0. The van der Waals surface area contributed by atoms with E-state index in [-0.39, 0.29) is 24.3 Å². The molecule has 2 aromatic rings. The Bertz CT molecular complexity index is 1130. The number of carbonyl (C=O) groups is 2. The number of hydrogen-bond donors (Lipinski definition) is 1. The minimum absolute atomic E-state index is 0.107. The number of hydrogen-bond acceptors (Lipinski definition) is 5. The normalized spacial score (nSPS) is 21.5. The van der Waals surface area contributed by atoms with E-state index in [1.54, 1.807) is 40.0 Å². The van der Waals surface area contributed by atoms with Gasteiger partial charge in [0.1, 0.15) is 5.69 Å². The van der Waals surface area contributed by atoms with E-state index in [1.165, 1.54) is 6.07 Å². The Kier molecular flexibility index (Phi) is 6.25. The summed E-state index contributed by atoms with van der Waals surface area (Å²) in [4.78, 5) is 32.5. The van der Waals surface area contributed by atoms with Gasteiger partial charge in [0.25, 0.3) is 5.91 Å². The van der Waals surface area contributed by atoms with E-state index < -0.39 is 29.1 Å². The molecular weight excluding hydrogens is 449 g/mol. The lowest BCUT2D eigenvalue weighted by atomic mass is 9.78. The van der Waals surface area contributed by atoms with Crippen molar-refractivity contribution in [3.8, 4) is 6.07 Å². The lowest BCUT2D eigenvalue weighted by Gasteiger charge is -2.35. The largest absolute Gasteiger partial charge is 0.417 e. The molecule has 2 amide bonds. The summed E-state index contributed by atoms with van der Waals surface area (Å²) in [5.74, 6) is -1.15. The molecule has 2 atom stereocenters. The Morgan fingerprint density at radius 1 is 1.21 bits per heavy atom. The molecule has 4 rings (SSSR count). The number of imidazole rings is 1. The maximum Gasteiger partial charge on any atom is 0.417 e. The number of carbonyl (C=O) groups excluding carboxylic acids is 2. The minimum Gasteiger partial charge on any atom is -0.370 e. The molecule has 1 aromatic carbocycles. The summed E-state index contributed by atoms with van der Waals surface area (Å²) in [6.07, 6.45) is -0.0859. The van der Waals surface area contributed by atoms with Crippen LogP contribution in [-0.2, 0) is 18.0 Å². The maximum atomic E-state index is 13.4. The smallest absolute Gasteiger partial charge is 0.370 e. The van der Waals surface area contributed by atoms with Gasteiger partial charge in [-0.05, 0) is 42.9 Å². The summed E-state index contributed by atoms with van der Waals surface area (Å²) < 4.78 is 42.0. The van der Waals surface area contributed by atoms with Crippen LogP contribution in [-0.4, -0.2) is 52.4 Å². The number of aryl methyl sites for hydroxylation is 1. The maximum absolute atomic E-state index is 13.4. The first-order chi connectivity index (χ1) is 16.1. The molecule has 1 aromatic heterocycles. The van der Waals surface area contributed by atoms with Crippen LogP contribution in [0.1, 0.15) is 34.5 Å². The van der Waals surface area contributed by atoms with Gasteiger partial charge in [0.05, 0.1) is 29.4 Å². The van der Waals surface area contributed by atoms with Crippen LogP contribution in [0.4, 0.5) is 18.9 Å². The first kappa shape index (κ1) is 23.6. The molecule has 0 spiro atoms. The number of rotatable bonds is 4. The minimum atomic E-state index is -4.66. The summed E-state index contributed by atoms with van der Waals surface area (Å²) in [5.41, 5.74) is 4.92. The molecule has 2 aliphatic rings. The number of nitrogens with two attached hydrogens (primary N) is 1. The van der Waals surface area contributed by atoms with Gasteiger partial charge in [-0.1, -0.05) is 0 Å². The highest BCUT2D eigenvalue weighted by molar-refractivity contribution is 5.92. The topological polar surface area (TPSA) is 108 Å². The zero-order chi connectivity index (χ0) is 24.6. The van der Waals surface area contributed by atoms with Crippen molar-refractivity contribution >= 4 is 17.5 Å². The molecule has 0 radical (unpaired) electrons. The molecular formula is C23H25F3N6O2. The van der Waals surface area contributed by atoms with E-state index in [2.05, 4.69) is 4.98 Å². The Morgan fingerprint density at radius 3 is 2.47 bits per heavy atom. The van der Waals surface area contributed by atoms with Crippen molar-refractivity contribution in [2.75, 3.05) is 31.1 Å². The highest BCUT2D eigenvalue weighted by Crippen LogP contribution is 2.40. The number of amides is 2. The third-order valence-electron chi connectivity index (χ3n) is 6.88. The van der Waals surface area contributed by atoms with Crippen molar-refractivity contribution in [1.82, 2.24) is 14.5 Å². The second kappa shape index (κ2) is 9.00. The predicted octanol–water partition coefficient (Wildman–Crippen LogP) is 2.40. The number of primary amides is 1. The van der Waals surface area contributed by atoms with Crippen molar-refractivity contribution in [3.05, 3.63) is 47.5 Å². The molecule has 0 bridgehead atoms. The van der Waals surface area contributed by atoms with E-state index in [1.807, 2.05) is 0 Å². The number of anilines is 1. The summed E-state index contributed by atoms with van der Waals surface area (Å²) in [6.45, 7) is 1.63. The number of nitrogens with zero attached hydrogens (tertiary/aromatic N) is 5. The molecule has 11 heteroatoms. The SMILES string of the molecule is Cn1cnc(C(=O)N2CCC([C@@H]3CN(c4ccc(C#N)c(C(F)(F)F)c4)C[C@H]3C(N)=O)CC2)c1. The number of halogens is 3. The molecule has 180 valence electrons. The number of likely N-dealkylation sites (tertiary alicyclic amines) is 1. The van der Waals surface area contributed by atoms with Crippen LogP contribution >= 0.6 is 0 Å². The third-order valence-corrected chi connectivity index (χ3v) is 6.88. The van der Waals surface area contributed by atoms with Crippen molar-refractivity contribution in [2.24, 2.45) is 30.5 Å². The van der Waals surface area contributed by atoms with E-state index in [0.717, 1.165) is 12.1 Å². The van der Waals surface area contributed by atoms with Crippen molar-refractivity contribution in [3.63, 3.8) is 0 Å². The summed E-state index contributed by atoms with van der Waals surface area (Å²) in [6, 6.07) is 5.18. The zero-order valence-corrected chi connectivity index (χ0v) is 18.6. The Labute approximate surface area is 194 Å². The fourth-order valence-corrected chi connectivity index (χ4v) is 5.10. The Balaban J connectivity index is 1.48. The van der Waals surface area contributed by atoms with Gasteiger partial charge in [-0.15, -0.1) is 0 Å². The quantitative estimate of drug-likeness (QED) is 0.732. The third kappa shape index (κ3) is 4.58. The van der Waals surface area contributed by atoms with Crippen LogP contribution in [0.15, 0.2) is 30.7 Å². The summed E-state index contributed by atoms with van der Waals surface area (Å²) >= 11 is 0. The van der Waals surface area contributed by atoms with Gasteiger partial charge in [-0.3, -0.25) is 9.59 Å². The average molecular weight is 474 g/mol. The number of benzene rings is 1. The van der Waals surface area contributed by atoms with E-state index >= 15 is 0 Å². The highest BCUT2D eigenvalue weighted by Gasteiger charge is 2.43. The van der Waals surface area contributed by atoms with Crippen LogP contribution < -0.4 is 10.6 Å². The molecule has 0 unspecified atom stereocenters. The molecule has 3 heterocycles. The van der Waals surface area contributed by atoms with Crippen LogP contribution in [0.2, 0.25) is 0 Å².